The molecule has 0 unspecified atom stereocenters. The van der Waals surface area contributed by atoms with E-state index in [9.17, 15) is 0 Å². The Balaban J connectivity index is 1.47. The van der Waals surface area contributed by atoms with Crippen molar-refractivity contribution in [2.24, 2.45) is 0 Å². The number of likely N-dealkylation sites (N-methyl/N-ethyl adjacent to an activating group) is 1. The first-order valence-electron chi connectivity index (χ1n) is 8.66. The smallest absolute Gasteiger partial charge is 0.161 e. The maximum atomic E-state index is 5.87. The molecule has 2 aromatic rings. The van der Waals surface area contributed by atoms with Gasteiger partial charge in [0.05, 0.1) is 0 Å². The van der Waals surface area contributed by atoms with Gasteiger partial charge in [0.15, 0.2) is 11.5 Å². The number of nitrogens with one attached hydrogen (secondary N) is 1. The molecule has 0 radical (unpaired) electrons. The van der Waals surface area contributed by atoms with Crippen LogP contribution in [0, 0.1) is 0 Å². The van der Waals surface area contributed by atoms with Crippen LogP contribution in [0.25, 0.3) is 0 Å². The minimum atomic E-state index is 0.511. The van der Waals surface area contributed by atoms with Crippen LogP contribution in [0.2, 0.25) is 0 Å². The molecule has 5 nitrogen and oxygen atoms in total. The predicted molar refractivity (Wildman–Crippen MR) is 98.5 cm³/mol. The fourth-order valence-corrected chi connectivity index (χ4v) is 2.58. The van der Waals surface area contributed by atoms with E-state index in [4.69, 9.17) is 14.2 Å². The molecule has 1 aliphatic heterocycles. The van der Waals surface area contributed by atoms with Gasteiger partial charge in [0.1, 0.15) is 25.6 Å². The Bertz CT molecular complexity index is 671. The van der Waals surface area contributed by atoms with E-state index in [2.05, 4.69) is 36.4 Å². The summed E-state index contributed by atoms with van der Waals surface area (Å²) in [6.45, 7) is 4.61. The number of hydrogen-bond acceptors (Lipinski definition) is 5. The zero-order valence-corrected chi connectivity index (χ0v) is 15.0. The molecule has 0 atom stereocenters. The summed E-state index contributed by atoms with van der Waals surface area (Å²) >= 11 is 0. The standard InChI is InChI=1S/C20H26N2O3/c1-22(2)10-9-21-14-16-3-6-18(7-4-16)25-15-17-5-8-19-20(13-17)24-12-11-23-19/h3-8,13,21H,9-12,14-15H2,1-2H3. The quantitative estimate of drug-likeness (QED) is 0.747. The number of hydrogen-bond donors (Lipinski definition) is 1. The van der Waals surface area contributed by atoms with Crippen LogP contribution >= 0.6 is 0 Å². The van der Waals surface area contributed by atoms with E-state index in [1.807, 2.05) is 30.3 Å². The normalized spacial score (nSPS) is 13.1. The van der Waals surface area contributed by atoms with Crippen LogP contribution in [0.4, 0.5) is 0 Å². The molecule has 134 valence electrons. The average molecular weight is 342 g/mol. The number of benzene rings is 2. The summed E-state index contributed by atoms with van der Waals surface area (Å²) in [6, 6.07) is 14.2. The van der Waals surface area contributed by atoms with Gasteiger partial charge in [-0.2, -0.15) is 0 Å². The topological polar surface area (TPSA) is 43.0 Å². The summed E-state index contributed by atoms with van der Waals surface area (Å²) in [6.07, 6.45) is 0. The minimum absolute atomic E-state index is 0.511. The largest absolute Gasteiger partial charge is 0.489 e. The van der Waals surface area contributed by atoms with Gasteiger partial charge in [0.25, 0.3) is 0 Å². The van der Waals surface area contributed by atoms with Gasteiger partial charge in [-0.25, -0.2) is 0 Å². The van der Waals surface area contributed by atoms with E-state index in [1.54, 1.807) is 0 Å². The molecule has 3 rings (SSSR count). The van der Waals surface area contributed by atoms with Crippen LogP contribution in [-0.4, -0.2) is 45.3 Å². The van der Waals surface area contributed by atoms with E-state index in [0.717, 1.165) is 42.4 Å². The lowest BCUT2D eigenvalue weighted by Gasteiger charge is -2.19. The van der Waals surface area contributed by atoms with Crippen molar-refractivity contribution in [3.05, 3.63) is 53.6 Å². The molecule has 25 heavy (non-hydrogen) atoms. The molecule has 2 aromatic carbocycles. The van der Waals surface area contributed by atoms with E-state index < -0.39 is 0 Å². The van der Waals surface area contributed by atoms with Crippen molar-refractivity contribution in [3.63, 3.8) is 0 Å². The Labute approximate surface area is 149 Å². The van der Waals surface area contributed by atoms with Crippen LogP contribution in [0.1, 0.15) is 11.1 Å². The van der Waals surface area contributed by atoms with Crippen molar-refractivity contribution in [3.8, 4) is 17.2 Å². The van der Waals surface area contributed by atoms with Crippen LogP contribution in [0.3, 0.4) is 0 Å². The highest BCUT2D eigenvalue weighted by Gasteiger charge is 2.11. The molecule has 0 amide bonds. The molecular weight excluding hydrogens is 316 g/mol. The predicted octanol–water partition coefficient (Wildman–Crippen LogP) is 2.69. The third kappa shape index (κ3) is 5.37. The van der Waals surface area contributed by atoms with Crippen LogP contribution in [0.5, 0.6) is 17.2 Å². The molecule has 0 saturated carbocycles. The maximum Gasteiger partial charge on any atom is 0.161 e. The first kappa shape index (κ1) is 17.6. The van der Waals surface area contributed by atoms with Crippen LogP contribution in [-0.2, 0) is 13.2 Å². The summed E-state index contributed by atoms with van der Waals surface area (Å²) < 4.78 is 17.0. The fraction of sp³-hybridized carbons (Fsp3) is 0.400. The van der Waals surface area contributed by atoms with E-state index in [0.29, 0.717) is 19.8 Å². The molecule has 0 aromatic heterocycles. The van der Waals surface area contributed by atoms with Gasteiger partial charge in [-0.05, 0) is 49.5 Å². The Morgan fingerprint density at radius 3 is 2.44 bits per heavy atom. The molecule has 0 bridgehead atoms. The molecule has 0 saturated heterocycles. The van der Waals surface area contributed by atoms with Gasteiger partial charge in [-0.3, -0.25) is 0 Å². The SMILES string of the molecule is CN(C)CCNCc1ccc(OCc2ccc3c(c2)OCCO3)cc1. The first-order valence-corrected chi connectivity index (χ1v) is 8.66. The van der Waals surface area contributed by atoms with Crippen molar-refractivity contribution in [1.29, 1.82) is 0 Å². The van der Waals surface area contributed by atoms with Crippen molar-refractivity contribution in [2.45, 2.75) is 13.2 Å². The summed E-state index contributed by atoms with van der Waals surface area (Å²) in [5, 5.41) is 3.43. The Morgan fingerprint density at radius 2 is 1.68 bits per heavy atom. The fourth-order valence-electron chi connectivity index (χ4n) is 2.58. The highest BCUT2D eigenvalue weighted by Crippen LogP contribution is 2.31. The second-order valence-corrected chi connectivity index (χ2v) is 6.39. The lowest BCUT2D eigenvalue weighted by atomic mass is 10.2. The second-order valence-electron chi connectivity index (χ2n) is 6.39. The number of rotatable bonds is 8. The average Bonchev–Trinajstić information content (AvgIpc) is 2.64. The number of nitrogens with zero attached hydrogens (tertiary/aromatic N) is 1. The maximum absolute atomic E-state index is 5.87. The van der Waals surface area contributed by atoms with Gasteiger partial charge < -0.3 is 24.4 Å². The molecular formula is C20H26N2O3. The molecule has 0 spiro atoms. The summed E-state index contributed by atoms with van der Waals surface area (Å²) in [5.41, 5.74) is 2.32. The monoisotopic (exact) mass is 342 g/mol. The second kappa shape index (κ2) is 8.74. The summed E-state index contributed by atoms with van der Waals surface area (Å²) in [7, 11) is 4.16. The number of fused-ring (bicyclic) bond motifs is 1. The lowest BCUT2D eigenvalue weighted by Crippen LogP contribution is -2.26. The Hall–Kier alpha value is -2.24. The molecule has 0 aliphatic carbocycles. The van der Waals surface area contributed by atoms with Crippen molar-refractivity contribution in [2.75, 3.05) is 40.4 Å². The van der Waals surface area contributed by atoms with Gasteiger partial charge >= 0.3 is 0 Å². The number of ether oxygens (including phenoxy) is 3. The molecule has 1 aliphatic rings. The van der Waals surface area contributed by atoms with Crippen LogP contribution < -0.4 is 19.5 Å². The third-order valence-corrected chi connectivity index (χ3v) is 4.00. The zero-order chi connectivity index (χ0) is 17.5. The van der Waals surface area contributed by atoms with Gasteiger partial charge in [-0.15, -0.1) is 0 Å². The zero-order valence-electron chi connectivity index (χ0n) is 15.0. The van der Waals surface area contributed by atoms with Gasteiger partial charge in [-0.1, -0.05) is 18.2 Å². The minimum Gasteiger partial charge on any atom is -0.489 e. The van der Waals surface area contributed by atoms with E-state index in [-0.39, 0.29) is 0 Å². The highest BCUT2D eigenvalue weighted by molar-refractivity contribution is 5.43. The van der Waals surface area contributed by atoms with Crippen molar-refractivity contribution >= 4 is 0 Å². The Kier molecular flexibility index (Phi) is 6.14. The van der Waals surface area contributed by atoms with Gasteiger partial charge in [0, 0.05) is 19.6 Å². The van der Waals surface area contributed by atoms with E-state index in [1.165, 1.54) is 5.56 Å². The third-order valence-electron chi connectivity index (χ3n) is 4.00. The van der Waals surface area contributed by atoms with Gasteiger partial charge in [0.2, 0.25) is 0 Å². The molecule has 1 heterocycles. The van der Waals surface area contributed by atoms with E-state index >= 15 is 0 Å². The first-order chi connectivity index (χ1) is 12.2. The molecule has 0 fully saturated rings. The summed E-state index contributed by atoms with van der Waals surface area (Å²) in [4.78, 5) is 2.17. The molecule has 5 heteroatoms. The molecule has 1 N–H and O–H groups in total. The van der Waals surface area contributed by atoms with Crippen LogP contribution in [0.15, 0.2) is 42.5 Å². The Morgan fingerprint density at radius 1 is 0.960 bits per heavy atom. The highest BCUT2D eigenvalue weighted by atomic mass is 16.6. The summed E-state index contributed by atoms with van der Waals surface area (Å²) in [5.74, 6) is 2.47. The van der Waals surface area contributed by atoms with Crippen molar-refractivity contribution < 1.29 is 14.2 Å². The lowest BCUT2D eigenvalue weighted by molar-refractivity contribution is 0.171. The van der Waals surface area contributed by atoms with Crippen molar-refractivity contribution in [1.82, 2.24) is 10.2 Å².